The lowest BCUT2D eigenvalue weighted by atomic mass is 9.81. The van der Waals surface area contributed by atoms with Crippen LogP contribution in [0.1, 0.15) is 75.7 Å². The fourth-order valence-corrected chi connectivity index (χ4v) is 3.02. The summed E-state index contributed by atoms with van der Waals surface area (Å²) >= 11 is 0. The van der Waals surface area contributed by atoms with Gasteiger partial charge in [0.1, 0.15) is 12.1 Å². The van der Waals surface area contributed by atoms with E-state index in [1.165, 1.54) is 0 Å². The third kappa shape index (κ3) is 2.66. The van der Waals surface area contributed by atoms with E-state index in [4.69, 9.17) is 4.42 Å². The molecular formula is C17H24N4O2. The molecule has 1 atom stereocenters. The van der Waals surface area contributed by atoms with Crippen molar-refractivity contribution in [3.8, 4) is 0 Å². The first-order chi connectivity index (χ1) is 10.7. The van der Waals surface area contributed by atoms with Crippen molar-refractivity contribution in [2.75, 3.05) is 5.32 Å². The Kier molecular flexibility index (Phi) is 3.58. The molecule has 0 spiro atoms. The molecule has 2 aromatic heterocycles. The average Bonchev–Trinajstić information content (AvgIpc) is 3.03. The molecule has 6 nitrogen and oxygen atoms in total. The first-order valence-electron chi connectivity index (χ1n) is 8.01. The van der Waals surface area contributed by atoms with Gasteiger partial charge in [-0.25, -0.2) is 4.98 Å². The summed E-state index contributed by atoms with van der Waals surface area (Å²) in [5.74, 6) is 1.56. The second kappa shape index (κ2) is 5.22. The number of fused-ring (bicyclic) bond motifs is 1. The molecule has 0 saturated heterocycles. The van der Waals surface area contributed by atoms with Crippen LogP contribution in [-0.2, 0) is 17.3 Å². The molecule has 0 fully saturated rings. The molecule has 1 aliphatic rings. The quantitative estimate of drug-likeness (QED) is 0.922. The molecule has 1 N–H and O–H groups in total. The van der Waals surface area contributed by atoms with Crippen LogP contribution in [0.25, 0.3) is 0 Å². The minimum absolute atomic E-state index is 0.0138. The topological polar surface area (TPSA) is 73.0 Å². The molecule has 0 bridgehead atoms. The zero-order valence-electron chi connectivity index (χ0n) is 14.6. The summed E-state index contributed by atoms with van der Waals surface area (Å²) in [4.78, 5) is 16.8. The highest BCUT2D eigenvalue weighted by Crippen LogP contribution is 2.42. The number of rotatable bonds is 2. The van der Waals surface area contributed by atoms with E-state index in [0.717, 1.165) is 22.8 Å². The minimum atomic E-state index is -0.115. The molecule has 0 aromatic carbocycles. The lowest BCUT2D eigenvalue weighted by Crippen LogP contribution is -2.26. The van der Waals surface area contributed by atoms with Crippen LogP contribution < -0.4 is 5.32 Å². The first kappa shape index (κ1) is 15.8. The summed E-state index contributed by atoms with van der Waals surface area (Å²) < 4.78 is 7.35. The standard InChI is InChI=1S/C17H24N4O2/c1-9(2)16-18-11(8-23-16)10-7-12(22)19-15-13(10)14(17(3,4)5)20-21(15)6/h8-10H,7H2,1-6H3,(H,19,22)/t10-/m0/s1. The van der Waals surface area contributed by atoms with Gasteiger partial charge in [-0.1, -0.05) is 34.6 Å². The predicted molar refractivity (Wildman–Crippen MR) is 87.6 cm³/mol. The number of carbonyl (C=O) groups excluding carboxylic acids is 1. The third-order valence-corrected chi connectivity index (χ3v) is 4.18. The van der Waals surface area contributed by atoms with Crippen LogP contribution in [0.4, 0.5) is 5.82 Å². The Morgan fingerprint density at radius 3 is 2.65 bits per heavy atom. The van der Waals surface area contributed by atoms with Crippen molar-refractivity contribution in [3.05, 3.63) is 29.1 Å². The SMILES string of the molecule is CC(C)c1nc([C@@H]2CC(=O)Nc3c2c(C(C)(C)C)nn3C)co1. The van der Waals surface area contributed by atoms with Gasteiger partial charge in [0.25, 0.3) is 0 Å². The maximum Gasteiger partial charge on any atom is 0.226 e. The number of nitrogens with zero attached hydrogens (tertiary/aromatic N) is 3. The molecule has 0 unspecified atom stereocenters. The fourth-order valence-electron chi connectivity index (χ4n) is 3.02. The van der Waals surface area contributed by atoms with Crippen molar-refractivity contribution in [2.45, 2.75) is 58.3 Å². The maximum atomic E-state index is 12.2. The minimum Gasteiger partial charge on any atom is -0.448 e. The van der Waals surface area contributed by atoms with Crippen molar-refractivity contribution in [3.63, 3.8) is 0 Å². The fraction of sp³-hybridized carbons (Fsp3) is 0.588. The molecular weight excluding hydrogens is 292 g/mol. The summed E-state index contributed by atoms with van der Waals surface area (Å²) in [6.45, 7) is 10.5. The lowest BCUT2D eigenvalue weighted by molar-refractivity contribution is -0.116. The highest BCUT2D eigenvalue weighted by Gasteiger charge is 2.37. The number of anilines is 1. The van der Waals surface area contributed by atoms with Crippen molar-refractivity contribution in [2.24, 2.45) is 7.05 Å². The Labute approximate surface area is 136 Å². The zero-order valence-corrected chi connectivity index (χ0v) is 14.6. The monoisotopic (exact) mass is 316 g/mol. The van der Waals surface area contributed by atoms with Crippen molar-refractivity contribution in [1.82, 2.24) is 14.8 Å². The number of hydrogen-bond acceptors (Lipinski definition) is 4. The van der Waals surface area contributed by atoms with Gasteiger partial charge in [-0.15, -0.1) is 0 Å². The number of amides is 1. The molecule has 124 valence electrons. The lowest BCUT2D eigenvalue weighted by Gasteiger charge is -2.25. The summed E-state index contributed by atoms with van der Waals surface area (Å²) in [5.41, 5.74) is 2.75. The molecule has 0 saturated carbocycles. The van der Waals surface area contributed by atoms with E-state index >= 15 is 0 Å². The summed E-state index contributed by atoms with van der Waals surface area (Å²) in [6.07, 6.45) is 2.05. The molecule has 1 aliphatic heterocycles. The van der Waals surface area contributed by atoms with Crippen LogP contribution in [0.3, 0.4) is 0 Å². The first-order valence-corrected chi connectivity index (χ1v) is 8.01. The van der Waals surface area contributed by atoms with Gasteiger partial charge < -0.3 is 9.73 Å². The molecule has 2 aromatic rings. The smallest absolute Gasteiger partial charge is 0.226 e. The molecule has 3 rings (SSSR count). The van der Waals surface area contributed by atoms with Gasteiger partial charge in [0.15, 0.2) is 5.89 Å². The number of oxazole rings is 1. The largest absolute Gasteiger partial charge is 0.448 e. The number of carbonyl (C=O) groups is 1. The number of nitrogens with one attached hydrogen (secondary N) is 1. The Balaban J connectivity index is 2.15. The van der Waals surface area contributed by atoms with Crippen LogP contribution in [0.15, 0.2) is 10.7 Å². The van der Waals surface area contributed by atoms with Crippen molar-refractivity contribution in [1.29, 1.82) is 0 Å². The maximum absolute atomic E-state index is 12.2. The van der Waals surface area contributed by atoms with E-state index in [-0.39, 0.29) is 23.2 Å². The van der Waals surface area contributed by atoms with Gasteiger partial charge in [0, 0.05) is 36.3 Å². The third-order valence-electron chi connectivity index (χ3n) is 4.18. The molecule has 1 amide bonds. The van der Waals surface area contributed by atoms with E-state index in [0.29, 0.717) is 12.3 Å². The second-order valence-electron chi connectivity index (χ2n) is 7.55. The van der Waals surface area contributed by atoms with Crippen LogP contribution in [0.2, 0.25) is 0 Å². The van der Waals surface area contributed by atoms with E-state index < -0.39 is 0 Å². The Morgan fingerprint density at radius 1 is 1.39 bits per heavy atom. The molecule has 23 heavy (non-hydrogen) atoms. The van der Waals surface area contributed by atoms with Gasteiger partial charge >= 0.3 is 0 Å². The van der Waals surface area contributed by atoms with Crippen molar-refractivity contribution < 1.29 is 9.21 Å². The van der Waals surface area contributed by atoms with Gasteiger partial charge in [0.2, 0.25) is 5.91 Å². The molecule has 0 radical (unpaired) electrons. The van der Waals surface area contributed by atoms with E-state index in [9.17, 15) is 4.79 Å². The summed E-state index contributed by atoms with van der Waals surface area (Å²) in [5, 5.41) is 7.61. The molecule has 6 heteroatoms. The predicted octanol–water partition coefficient (Wildman–Crippen LogP) is 3.30. The van der Waals surface area contributed by atoms with Gasteiger partial charge in [-0.3, -0.25) is 9.48 Å². The molecule has 3 heterocycles. The Bertz CT molecular complexity index is 749. The van der Waals surface area contributed by atoms with Gasteiger partial charge in [0.05, 0.1) is 11.4 Å². The number of aromatic nitrogens is 3. The number of hydrogen-bond donors (Lipinski definition) is 1. The molecule has 0 aliphatic carbocycles. The average molecular weight is 316 g/mol. The normalized spacial score (nSPS) is 18.2. The highest BCUT2D eigenvalue weighted by atomic mass is 16.3. The van der Waals surface area contributed by atoms with Crippen LogP contribution in [0, 0.1) is 0 Å². The van der Waals surface area contributed by atoms with Gasteiger partial charge in [-0.2, -0.15) is 5.10 Å². The summed E-state index contributed by atoms with van der Waals surface area (Å²) in [6, 6.07) is 0. The van der Waals surface area contributed by atoms with Crippen LogP contribution >= 0.6 is 0 Å². The highest BCUT2D eigenvalue weighted by molar-refractivity contribution is 5.94. The van der Waals surface area contributed by atoms with Crippen LogP contribution in [-0.4, -0.2) is 20.7 Å². The van der Waals surface area contributed by atoms with E-state index in [1.54, 1.807) is 10.9 Å². The van der Waals surface area contributed by atoms with Crippen molar-refractivity contribution >= 4 is 11.7 Å². The van der Waals surface area contributed by atoms with E-state index in [1.807, 2.05) is 20.9 Å². The Hall–Kier alpha value is -2.11. The summed E-state index contributed by atoms with van der Waals surface area (Å²) in [7, 11) is 1.86. The van der Waals surface area contributed by atoms with E-state index in [2.05, 4.69) is 36.2 Å². The second-order valence-corrected chi connectivity index (χ2v) is 7.55. The number of aryl methyl sites for hydroxylation is 1. The van der Waals surface area contributed by atoms with Crippen LogP contribution in [0.5, 0.6) is 0 Å². The Morgan fingerprint density at radius 2 is 2.09 bits per heavy atom. The zero-order chi connectivity index (χ0) is 16.9. The van der Waals surface area contributed by atoms with Gasteiger partial charge in [-0.05, 0) is 0 Å².